The fraction of sp³-hybridized carbons (Fsp3) is 0.611. The molecule has 1 unspecified atom stereocenters. The Morgan fingerprint density at radius 3 is 2.61 bits per heavy atom. The van der Waals surface area contributed by atoms with Gasteiger partial charge in [0.15, 0.2) is 0 Å². The van der Waals surface area contributed by atoms with Crippen LogP contribution < -0.4 is 5.32 Å². The van der Waals surface area contributed by atoms with Crippen molar-refractivity contribution in [2.24, 2.45) is 0 Å². The summed E-state index contributed by atoms with van der Waals surface area (Å²) in [5, 5.41) is 16.3. The van der Waals surface area contributed by atoms with Crippen LogP contribution in [-0.4, -0.2) is 58.9 Å². The topological polar surface area (TPSA) is 103 Å². The van der Waals surface area contributed by atoms with Crippen molar-refractivity contribution in [1.29, 1.82) is 5.26 Å². The zero-order valence-corrected chi connectivity index (χ0v) is 17.9. The van der Waals surface area contributed by atoms with Crippen LogP contribution in [0.1, 0.15) is 49.4 Å². The fourth-order valence-corrected chi connectivity index (χ4v) is 4.54. The van der Waals surface area contributed by atoms with Gasteiger partial charge in [-0.2, -0.15) is 22.7 Å². The van der Waals surface area contributed by atoms with Crippen LogP contribution in [-0.2, 0) is 16.2 Å². The highest BCUT2D eigenvalue weighted by Crippen LogP contribution is 2.40. The maximum atomic E-state index is 14.5. The number of rotatable bonds is 5. The van der Waals surface area contributed by atoms with Gasteiger partial charge in [0.1, 0.15) is 17.8 Å². The molecular formula is C18H22F4N6O2S. The number of anilines is 1. The Balaban J connectivity index is 2.01. The molecule has 13 heteroatoms. The molecule has 31 heavy (non-hydrogen) atoms. The van der Waals surface area contributed by atoms with Crippen LogP contribution in [0.15, 0.2) is 6.20 Å². The molecule has 1 saturated heterocycles. The third-order valence-electron chi connectivity index (χ3n) is 5.48. The molecule has 3 rings (SSSR count). The Kier molecular flexibility index (Phi) is 6.16. The summed E-state index contributed by atoms with van der Waals surface area (Å²) in [4.78, 5) is 3.90. The highest BCUT2D eigenvalue weighted by molar-refractivity contribution is 7.88. The monoisotopic (exact) mass is 462 g/mol. The second-order valence-corrected chi connectivity index (χ2v) is 9.59. The highest BCUT2D eigenvalue weighted by Gasteiger charge is 2.41. The molecule has 0 amide bonds. The van der Waals surface area contributed by atoms with Crippen LogP contribution >= 0.6 is 0 Å². The van der Waals surface area contributed by atoms with Gasteiger partial charge >= 0.3 is 6.18 Å². The number of nitrogens with one attached hydrogen (secondary N) is 1. The van der Waals surface area contributed by atoms with E-state index in [1.807, 2.05) is 0 Å². The van der Waals surface area contributed by atoms with E-state index in [0.717, 1.165) is 21.3 Å². The van der Waals surface area contributed by atoms with Gasteiger partial charge in [0.2, 0.25) is 16.0 Å². The summed E-state index contributed by atoms with van der Waals surface area (Å²) in [6.07, 6.45) is -3.76. The van der Waals surface area contributed by atoms with Crippen molar-refractivity contribution in [3.8, 4) is 6.07 Å². The molecule has 2 aromatic rings. The largest absolute Gasteiger partial charge is 0.419 e. The standard InChI is InChI=1S/C18H22F4N6O2S/c1-4-10(2)16-11(7-23)15(18(20,21)22)14-8-24-17(26-28(14)16)25-13-5-6-27(9-12(13)19)31(3,29)30/h8,10,12-13H,4-6,9H2,1-3H3,(H,25,26)/t10?,12-,13-/m1/s1. The molecule has 170 valence electrons. The number of fused-ring (bicyclic) bond motifs is 1. The number of hydrogen-bond acceptors (Lipinski definition) is 6. The van der Waals surface area contributed by atoms with Gasteiger partial charge in [0.25, 0.3) is 0 Å². The lowest BCUT2D eigenvalue weighted by Gasteiger charge is -2.33. The maximum Gasteiger partial charge on any atom is 0.419 e. The van der Waals surface area contributed by atoms with Gasteiger partial charge in [0.05, 0.1) is 35.3 Å². The van der Waals surface area contributed by atoms with Crippen molar-refractivity contribution in [2.75, 3.05) is 24.7 Å². The van der Waals surface area contributed by atoms with Crippen molar-refractivity contribution in [3.63, 3.8) is 0 Å². The van der Waals surface area contributed by atoms with Gasteiger partial charge < -0.3 is 5.32 Å². The molecule has 2 aromatic heterocycles. The quantitative estimate of drug-likeness (QED) is 0.686. The van der Waals surface area contributed by atoms with Crippen molar-refractivity contribution < 1.29 is 26.0 Å². The lowest BCUT2D eigenvalue weighted by molar-refractivity contribution is -0.136. The van der Waals surface area contributed by atoms with Gasteiger partial charge in [-0.3, -0.25) is 0 Å². The lowest BCUT2D eigenvalue weighted by atomic mass is 9.99. The van der Waals surface area contributed by atoms with E-state index < -0.39 is 45.5 Å². The first-order chi connectivity index (χ1) is 14.4. The van der Waals surface area contributed by atoms with E-state index in [9.17, 15) is 31.2 Å². The minimum atomic E-state index is -4.77. The SMILES string of the molecule is CCC(C)c1c(C#N)c(C(F)(F)F)c2cnc(N[C@@H]3CCN(S(C)(=O)=O)C[C@H]3F)nn12. The molecular weight excluding hydrogens is 440 g/mol. The molecule has 1 aliphatic rings. The average molecular weight is 462 g/mol. The van der Waals surface area contributed by atoms with Crippen LogP contribution in [0.2, 0.25) is 0 Å². The van der Waals surface area contributed by atoms with Crippen LogP contribution in [0.25, 0.3) is 5.52 Å². The average Bonchev–Trinajstić information content (AvgIpc) is 3.02. The van der Waals surface area contributed by atoms with Gasteiger partial charge in [-0.05, 0) is 18.8 Å². The zero-order chi connectivity index (χ0) is 23.1. The van der Waals surface area contributed by atoms with E-state index in [1.54, 1.807) is 19.9 Å². The van der Waals surface area contributed by atoms with E-state index >= 15 is 0 Å². The number of hydrogen-bond donors (Lipinski definition) is 1. The minimum Gasteiger partial charge on any atom is -0.347 e. The Morgan fingerprint density at radius 1 is 1.42 bits per heavy atom. The molecule has 8 nitrogen and oxygen atoms in total. The highest BCUT2D eigenvalue weighted by atomic mass is 32.2. The Labute approximate surface area is 176 Å². The van der Waals surface area contributed by atoms with Crippen molar-refractivity contribution in [1.82, 2.24) is 18.9 Å². The molecule has 1 aliphatic heterocycles. The van der Waals surface area contributed by atoms with Crippen LogP contribution in [0.5, 0.6) is 0 Å². The van der Waals surface area contributed by atoms with E-state index in [2.05, 4.69) is 15.4 Å². The lowest BCUT2D eigenvalue weighted by Crippen LogP contribution is -2.49. The number of piperidine rings is 1. The van der Waals surface area contributed by atoms with Crippen LogP contribution in [0.4, 0.5) is 23.5 Å². The third kappa shape index (κ3) is 4.45. The molecule has 1 N–H and O–H groups in total. The molecule has 0 aliphatic carbocycles. The number of aromatic nitrogens is 3. The first-order valence-electron chi connectivity index (χ1n) is 9.63. The van der Waals surface area contributed by atoms with E-state index in [1.165, 1.54) is 0 Å². The van der Waals surface area contributed by atoms with Crippen LogP contribution in [0.3, 0.4) is 0 Å². The third-order valence-corrected chi connectivity index (χ3v) is 6.75. The number of halogens is 4. The fourth-order valence-electron chi connectivity index (χ4n) is 3.69. The minimum absolute atomic E-state index is 0.0948. The molecule has 0 saturated carbocycles. The molecule has 0 bridgehead atoms. The predicted octanol–water partition coefficient (Wildman–Crippen LogP) is 2.92. The summed E-state index contributed by atoms with van der Waals surface area (Å²) in [5.41, 5.74) is -1.84. The summed E-state index contributed by atoms with van der Waals surface area (Å²) in [5.74, 6) is -0.501. The molecule has 0 radical (unpaired) electrons. The first-order valence-corrected chi connectivity index (χ1v) is 11.5. The van der Waals surface area contributed by atoms with Crippen molar-refractivity contribution in [2.45, 2.75) is 51.0 Å². The normalized spacial score (nSPS) is 21.7. The number of alkyl halides is 4. The Morgan fingerprint density at radius 2 is 2.10 bits per heavy atom. The smallest absolute Gasteiger partial charge is 0.347 e. The molecule has 3 heterocycles. The maximum absolute atomic E-state index is 14.5. The summed E-state index contributed by atoms with van der Waals surface area (Å²) in [6.45, 7) is 3.23. The number of sulfonamides is 1. The second-order valence-electron chi connectivity index (χ2n) is 7.61. The van der Waals surface area contributed by atoms with Crippen molar-refractivity contribution in [3.05, 3.63) is 23.0 Å². The molecule has 1 fully saturated rings. The van der Waals surface area contributed by atoms with Gasteiger partial charge in [-0.15, -0.1) is 5.10 Å². The summed E-state index contributed by atoms with van der Waals surface area (Å²) >= 11 is 0. The summed E-state index contributed by atoms with van der Waals surface area (Å²) < 4.78 is 80.8. The zero-order valence-electron chi connectivity index (χ0n) is 17.1. The Hall–Kier alpha value is -2.46. The first kappa shape index (κ1) is 23.2. The van der Waals surface area contributed by atoms with Crippen LogP contribution in [0, 0.1) is 11.3 Å². The van der Waals surface area contributed by atoms with Crippen molar-refractivity contribution >= 4 is 21.5 Å². The van der Waals surface area contributed by atoms with Gasteiger partial charge in [-0.1, -0.05) is 13.8 Å². The predicted molar refractivity (Wildman–Crippen MR) is 105 cm³/mol. The summed E-state index contributed by atoms with van der Waals surface area (Å²) in [6, 6.07) is 0.841. The second kappa shape index (κ2) is 8.23. The molecule has 0 spiro atoms. The van der Waals surface area contributed by atoms with E-state index in [4.69, 9.17) is 0 Å². The summed E-state index contributed by atoms with van der Waals surface area (Å²) in [7, 11) is -3.53. The van der Waals surface area contributed by atoms with E-state index in [-0.39, 0.29) is 36.7 Å². The van der Waals surface area contributed by atoms with Gasteiger partial charge in [0, 0.05) is 13.1 Å². The number of nitrogens with zero attached hydrogens (tertiary/aromatic N) is 5. The Bertz CT molecular complexity index is 1120. The number of nitriles is 1. The van der Waals surface area contributed by atoms with E-state index in [0.29, 0.717) is 6.42 Å². The molecule has 0 aromatic carbocycles. The molecule has 3 atom stereocenters. The van der Waals surface area contributed by atoms with Gasteiger partial charge in [-0.25, -0.2) is 22.3 Å².